The molecule has 3 heteroatoms. The van der Waals surface area contributed by atoms with Gasteiger partial charge in [-0.3, -0.25) is 4.68 Å². The molecule has 1 fully saturated rings. The highest BCUT2D eigenvalue weighted by Crippen LogP contribution is 2.49. The van der Waals surface area contributed by atoms with Gasteiger partial charge in [-0.25, -0.2) is 0 Å². The van der Waals surface area contributed by atoms with Gasteiger partial charge in [-0.15, -0.1) is 0 Å². The number of hydrogen-bond acceptors (Lipinski definition) is 2. The van der Waals surface area contributed by atoms with Crippen LogP contribution in [0.25, 0.3) is 0 Å². The molecule has 0 amide bonds. The Morgan fingerprint density at radius 2 is 2.27 bits per heavy atom. The Kier molecular flexibility index (Phi) is 2.83. The van der Waals surface area contributed by atoms with Gasteiger partial charge >= 0.3 is 0 Å². The molecule has 84 valence electrons. The minimum atomic E-state index is 0.344. The summed E-state index contributed by atoms with van der Waals surface area (Å²) in [5, 5.41) is 4.66. The maximum atomic E-state index is 5.64. The summed E-state index contributed by atoms with van der Waals surface area (Å²) < 4.78 is 2.07. The van der Waals surface area contributed by atoms with Crippen molar-refractivity contribution in [3.05, 3.63) is 18.0 Å². The van der Waals surface area contributed by atoms with E-state index in [-0.39, 0.29) is 0 Å². The summed E-state index contributed by atoms with van der Waals surface area (Å²) in [6, 6.07) is 2.17. The number of rotatable bonds is 5. The number of aromatic nitrogens is 2. The molecule has 2 rings (SSSR count). The average molecular weight is 207 g/mol. The number of hydrogen-bond donors (Lipinski definition) is 1. The summed E-state index contributed by atoms with van der Waals surface area (Å²) in [7, 11) is 0. The smallest absolute Gasteiger partial charge is 0.0686 e. The molecule has 0 atom stereocenters. The van der Waals surface area contributed by atoms with Crippen LogP contribution in [0.2, 0.25) is 0 Å². The molecule has 0 saturated heterocycles. The second-order valence-electron chi connectivity index (χ2n) is 5.14. The molecule has 1 aliphatic rings. The molecule has 0 bridgehead atoms. The first-order chi connectivity index (χ1) is 7.16. The largest absolute Gasteiger partial charge is 0.330 e. The molecule has 15 heavy (non-hydrogen) atoms. The Morgan fingerprint density at radius 1 is 1.53 bits per heavy atom. The third-order valence-electron chi connectivity index (χ3n) is 3.21. The molecule has 1 aromatic heterocycles. The maximum absolute atomic E-state index is 5.64. The van der Waals surface area contributed by atoms with Crippen LogP contribution in [-0.4, -0.2) is 16.3 Å². The van der Waals surface area contributed by atoms with Gasteiger partial charge in [0.05, 0.1) is 5.69 Å². The maximum Gasteiger partial charge on any atom is 0.0686 e. The van der Waals surface area contributed by atoms with E-state index in [1.165, 1.54) is 18.5 Å². The summed E-state index contributed by atoms with van der Waals surface area (Å²) in [6.07, 6.45) is 5.73. The highest BCUT2D eigenvalue weighted by Gasteiger charge is 2.45. The summed E-state index contributed by atoms with van der Waals surface area (Å²) in [5.41, 5.74) is 7.25. The van der Waals surface area contributed by atoms with E-state index < -0.39 is 0 Å². The van der Waals surface area contributed by atoms with Crippen LogP contribution < -0.4 is 5.73 Å². The molecule has 0 aromatic carbocycles. The van der Waals surface area contributed by atoms with Crippen LogP contribution in [0.4, 0.5) is 0 Å². The topological polar surface area (TPSA) is 43.8 Å². The SMILES string of the molecule is CC(C)Cn1ccc(C2(CCN)CC2)n1. The first kappa shape index (κ1) is 10.7. The van der Waals surface area contributed by atoms with E-state index in [4.69, 9.17) is 5.73 Å². The summed E-state index contributed by atoms with van der Waals surface area (Å²) >= 11 is 0. The van der Waals surface area contributed by atoms with Crippen LogP contribution in [0, 0.1) is 5.92 Å². The van der Waals surface area contributed by atoms with Gasteiger partial charge < -0.3 is 5.73 Å². The number of nitrogens with zero attached hydrogens (tertiary/aromatic N) is 2. The Morgan fingerprint density at radius 3 is 2.80 bits per heavy atom. The van der Waals surface area contributed by atoms with Crippen molar-refractivity contribution in [3.8, 4) is 0 Å². The highest BCUT2D eigenvalue weighted by atomic mass is 15.3. The molecule has 1 aromatic rings. The monoisotopic (exact) mass is 207 g/mol. The first-order valence-electron chi connectivity index (χ1n) is 5.90. The molecule has 1 saturated carbocycles. The molecular formula is C12H21N3. The summed E-state index contributed by atoms with van der Waals surface area (Å²) in [5.74, 6) is 0.655. The van der Waals surface area contributed by atoms with Crippen molar-refractivity contribution in [2.45, 2.75) is 45.1 Å². The van der Waals surface area contributed by atoms with Crippen molar-refractivity contribution in [1.29, 1.82) is 0 Å². The molecule has 3 nitrogen and oxygen atoms in total. The van der Waals surface area contributed by atoms with Gasteiger partial charge in [0.1, 0.15) is 0 Å². The standard InChI is InChI=1S/C12H21N3/c1-10(2)9-15-8-3-11(14-15)12(4-5-12)6-7-13/h3,8,10H,4-7,9,13H2,1-2H3. The molecule has 0 radical (unpaired) electrons. The van der Waals surface area contributed by atoms with Gasteiger partial charge in [0, 0.05) is 18.2 Å². The Labute approximate surface area is 91.7 Å². The van der Waals surface area contributed by atoms with E-state index in [1.807, 2.05) is 0 Å². The first-order valence-corrected chi connectivity index (χ1v) is 5.90. The van der Waals surface area contributed by atoms with Crippen molar-refractivity contribution in [3.63, 3.8) is 0 Å². The van der Waals surface area contributed by atoms with Crippen molar-refractivity contribution < 1.29 is 0 Å². The van der Waals surface area contributed by atoms with Gasteiger partial charge in [0.15, 0.2) is 0 Å². The van der Waals surface area contributed by atoms with E-state index in [0.717, 1.165) is 19.5 Å². The van der Waals surface area contributed by atoms with E-state index in [0.29, 0.717) is 11.3 Å². The molecule has 2 N–H and O–H groups in total. The van der Waals surface area contributed by atoms with E-state index in [9.17, 15) is 0 Å². The average Bonchev–Trinajstić information content (AvgIpc) is 2.79. The second kappa shape index (κ2) is 3.97. The fourth-order valence-electron chi connectivity index (χ4n) is 2.18. The lowest BCUT2D eigenvalue weighted by Gasteiger charge is -2.10. The zero-order valence-electron chi connectivity index (χ0n) is 9.74. The van der Waals surface area contributed by atoms with Gasteiger partial charge in [0.25, 0.3) is 0 Å². The van der Waals surface area contributed by atoms with Crippen LogP contribution >= 0.6 is 0 Å². The van der Waals surface area contributed by atoms with Crippen LogP contribution in [0.15, 0.2) is 12.3 Å². The Bertz CT molecular complexity index is 323. The lowest BCUT2D eigenvalue weighted by atomic mass is 9.99. The molecule has 1 heterocycles. The van der Waals surface area contributed by atoms with E-state index in [1.54, 1.807) is 0 Å². The zero-order chi connectivity index (χ0) is 10.9. The van der Waals surface area contributed by atoms with Gasteiger partial charge in [-0.1, -0.05) is 13.8 Å². The van der Waals surface area contributed by atoms with E-state index in [2.05, 4.69) is 35.9 Å². The van der Waals surface area contributed by atoms with Crippen LogP contribution in [-0.2, 0) is 12.0 Å². The number of nitrogens with two attached hydrogens (primary N) is 1. The third kappa shape index (κ3) is 2.23. The zero-order valence-corrected chi connectivity index (χ0v) is 9.74. The Balaban J connectivity index is 2.07. The van der Waals surface area contributed by atoms with Crippen LogP contribution in [0.1, 0.15) is 38.8 Å². The summed E-state index contributed by atoms with van der Waals surface area (Å²) in [4.78, 5) is 0. The predicted octanol–water partition coefficient (Wildman–Crippen LogP) is 1.92. The molecule has 0 spiro atoms. The van der Waals surface area contributed by atoms with Crippen molar-refractivity contribution in [2.75, 3.05) is 6.54 Å². The van der Waals surface area contributed by atoms with Crippen molar-refractivity contribution >= 4 is 0 Å². The predicted molar refractivity (Wildman–Crippen MR) is 61.6 cm³/mol. The lowest BCUT2D eigenvalue weighted by Crippen LogP contribution is -2.15. The van der Waals surface area contributed by atoms with Crippen molar-refractivity contribution in [1.82, 2.24) is 9.78 Å². The molecule has 1 aliphatic carbocycles. The highest BCUT2D eigenvalue weighted by molar-refractivity contribution is 5.23. The van der Waals surface area contributed by atoms with Crippen LogP contribution in [0.5, 0.6) is 0 Å². The molecule has 0 aliphatic heterocycles. The minimum Gasteiger partial charge on any atom is -0.330 e. The molecular weight excluding hydrogens is 186 g/mol. The van der Waals surface area contributed by atoms with Crippen molar-refractivity contribution in [2.24, 2.45) is 11.7 Å². The fourth-order valence-corrected chi connectivity index (χ4v) is 2.18. The Hall–Kier alpha value is -0.830. The second-order valence-corrected chi connectivity index (χ2v) is 5.14. The quantitative estimate of drug-likeness (QED) is 0.801. The lowest BCUT2D eigenvalue weighted by molar-refractivity contribution is 0.471. The fraction of sp³-hybridized carbons (Fsp3) is 0.750. The molecule has 0 unspecified atom stereocenters. The third-order valence-corrected chi connectivity index (χ3v) is 3.21. The summed E-state index contributed by atoms with van der Waals surface area (Å²) in [6.45, 7) is 6.22. The van der Waals surface area contributed by atoms with Crippen LogP contribution in [0.3, 0.4) is 0 Å². The van der Waals surface area contributed by atoms with E-state index >= 15 is 0 Å². The van der Waals surface area contributed by atoms with Gasteiger partial charge in [-0.05, 0) is 37.8 Å². The van der Waals surface area contributed by atoms with Gasteiger partial charge in [-0.2, -0.15) is 5.10 Å². The minimum absolute atomic E-state index is 0.344. The normalized spacial score (nSPS) is 18.4. The van der Waals surface area contributed by atoms with Gasteiger partial charge in [0.2, 0.25) is 0 Å².